The van der Waals surface area contributed by atoms with E-state index in [-0.39, 0.29) is 23.5 Å². The molecule has 3 rings (SSSR count). The molecule has 2 heterocycles. The Morgan fingerprint density at radius 1 is 1.32 bits per heavy atom. The van der Waals surface area contributed by atoms with Crippen molar-refractivity contribution >= 4 is 12.1 Å². The molecule has 0 fully saturated rings. The first kappa shape index (κ1) is 19.8. The summed E-state index contributed by atoms with van der Waals surface area (Å²) < 4.78 is 54.8. The Bertz CT molecular complexity index is 886. The van der Waals surface area contributed by atoms with E-state index in [2.05, 4.69) is 5.32 Å². The molecule has 0 radical (unpaired) electrons. The molecule has 0 bridgehead atoms. The summed E-state index contributed by atoms with van der Waals surface area (Å²) in [5.41, 5.74) is 0.181. The fraction of sp³-hybridized carbons (Fsp3) is 0.368. The number of carbonyl (C=O) groups is 2. The van der Waals surface area contributed by atoms with E-state index in [1.54, 1.807) is 20.8 Å². The summed E-state index contributed by atoms with van der Waals surface area (Å²) in [7, 11) is 0. The number of hydrogen-bond acceptors (Lipinski definition) is 6. The van der Waals surface area contributed by atoms with Crippen molar-refractivity contribution in [3.05, 3.63) is 58.1 Å². The van der Waals surface area contributed by atoms with Crippen molar-refractivity contribution in [3.63, 3.8) is 0 Å². The van der Waals surface area contributed by atoms with Crippen LogP contribution in [0.25, 0.3) is 0 Å². The van der Waals surface area contributed by atoms with Gasteiger partial charge in [-0.1, -0.05) is 18.2 Å². The Labute approximate surface area is 158 Å². The minimum atomic E-state index is -4.56. The summed E-state index contributed by atoms with van der Waals surface area (Å²) in [6.07, 6.45) is -6.03. The van der Waals surface area contributed by atoms with Gasteiger partial charge < -0.3 is 19.5 Å². The largest absolute Gasteiger partial charge is 0.513 e. The van der Waals surface area contributed by atoms with E-state index in [0.29, 0.717) is 11.4 Å². The Hall–Kier alpha value is -2.97. The van der Waals surface area contributed by atoms with Crippen molar-refractivity contribution < 1.29 is 37.0 Å². The molecule has 2 aliphatic heterocycles. The number of allylic oxidation sites excluding steroid dienone is 2. The van der Waals surface area contributed by atoms with Crippen LogP contribution in [0.4, 0.5) is 18.0 Å². The molecule has 1 N–H and O–H groups in total. The maximum Gasteiger partial charge on any atom is 0.513 e. The molecule has 1 unspecified atom stereocenters. The van der Waals surface area contributed by atoms with Gasteiger partial charge in [-0.05, 0) is 32.4 Å². The highest BCUT2D eigenvalue weighted by Crippen LogP contribution is 2.42. The maximum absolute atomic E-state index is 13.2. The van der Waals surface area contributed by atoms with Crippen molar-refractivity contribution in [1.29, 1.82) is 0 Å². The molecule has 1 aromatic carbocycles. The summed E-state index contributed by atoms with van der Waals surface area (Å²) in [4.78, 5) is 24.3. The van der Waals surface area contributed by atoms with Crippen LogP contribution in [0.3, 0.4) is 0 Å². The van der Waals surface area contributed by atoms with Crippen LogP contribution in [0.5, 0.6) is 0 Å². The Kier molecular flexibility index (Phi) is 5.10. The van der Waals surface area contributed by atoms with Gasteiger partial charge in [0.15, 0.2) is 0 Å². The van der Waals surface area contributed by atoms with Crippen molar-refractivity contribution in [3.8, 4) is 0 Å². The zero-order chi connectivity index (χ0) is 20.6. The molecule has 1 aromatic rings. The van der Waals surface area contributed by atoms with E-state index in [9.17, 15) is 22.8 Å². The number of rotatable bonds is 3. The van der Waals surface area contributed by atoms with Gasteiger partial charge in [0.05, 0.1) is 34.6 Å². The SMILES string of the molecule is CC1=C(OC(=O)OC(C)C)C(c2cccc(C(F)(F)F)c2)C2=C(COC2=O)N1. The van der Waals surface area contributed by atoms with Gasteiger partial charge in [0, 0.05) is 0 Å². The smallest absolute Gasteiger partial charge is 0.456 e. The van der Waals surface area contributed by atoms with Crippen molar-refractivity contribution in [2.75, 3.05) is 6.61 Å². The number of halogens is 3. The monoisotopic (exact) mass is 397 g/mol. The fourth-order valence-electron chi connectivity index (χ4n) is 3.10. The number of esters is 1. The lowest BCUT2D eigenvalue weighted by Crippen LogP contribution is -2.29. The summed E-state index contributed by atoms with van der Waals surface area (Å²) in [5, 5.41) is 2.92. The van der Waals surface area contributed by atoms with Gasteiger partial charge in [-0.2, -0.15) is 13.2 Å². The summed E-state index contributed by atoms with van der Waals surface area (Å²) in [6.45, 7) is 4.80. The highest BCUT2D eigenvalue weighted by Gasteiger charge is 2.42. The van der Waals surface area contributed by atoms with Gasteiger partial charge in [-0.3, -0.25) is 0 Å². The molecular weight excluding hydrogens is 379 g/mol. The third-order valence-corrected chi connectivity index (χ3v) is 4.22. The van der Waals surface area contributed by atoms with Crippen molar-refractivity contribution in [1.82, 2.24) is 5.32 Å². The first-order valence-corrected chi connectivity index (χ1v) is 8.51. The number of alkyl halides is 3. The molecule has 9 heteroatoms. The third-order valence-electron chi connectivity index (χ3n) is 4.22. The second-order valence-electron chi connectivity index (χ2n) is 6.66. The number of nitrogens with one attached hydrogen (secondary N) is 1. The molecule has 28 heavy (non-hydrogen) atoms. The molecule has 150 valence electrons. The van der Waals surface area contributed by atoms with E-state index in [0.717, 1.165) is 12.1 Å². The fourth-order valence-corrected chi connectivity index (χ4v) is 3.10. The van der Waals surface area contributed by atoms with Gasteiger partial charge >= 0.3 is 18.3 Å². The normalized spacial score (nSPS) is 19.4. The first-order chi connectivity index (χ1) is 13.1. The highest BCUT2D eigenvalue weighted by molar-refractivity contribution is 5.95. The number of carbonyl (C=O) groups excluding carboxylic acids is 2. The second-order valence-corrected chi connectivity index (χ2v) is 6.66. The minimum absolute atomic E-state index is 0.0115. The Morgan fingerprint density at radius 3 is 2.68 bits per heavy atom. The number of benzene rings is 1. The first-order valence-electron chi connectivity index (χ1n) is 8.51. The van der Waals surface area contributed by atoms with Gasteiger partial charge in [-0.15, -0.1) is 0 Å². The molecule has 0 saturated carbocycles. The average Bonchev–Trinajstić information content (AvgIpc) is 2.94. The summed E-state index contributed by atoms with van der Waals surface area (Å²) >= 11 is 0. The van der Waals surface area contributed by atoms with Gasteiger partial charge in [0.25, 0.3) is 0 Å². The molecule has 0 aromatic heterocycles. The van der Waals surface area contributed by atoms with Crippen molar-refractivity contribution in [2.24, 2.45) is 0 Å². The van der Waals surface area contributed by atoms with E-state index < -0.39 is 35.9 Å². The van der Waals surface area contributed by atoms with Crippen LogP contribution in [0.2, 0.25) is 0 Å². The van der Waals surface area contributed by atoms with E-state index >= 15 is 0 Å². The van der Waals surface area contributed by atoms with Gasteiger partial charge in [0.1, 0.15) is 12.4 Å². The zero-order valence-corrected chi connectivity index (χ0v) is 15.3. The molecule has 2 aliphatic rings. The van der Waals surface area contributed by atoms with Gasteiger partial charge in [0.2, 0.25) is 0 Å². The number of hydrogen-bond donors (Lipinski definition) is 1. The lowest BCUT2D eigenvalue weighted by molar-refractivity contribution is -0.137. The molecule has 0 aliphatic carbocycles. The lowest BCUT2D eigenvalue weighted by Gasteiger charge is -2.28. The standard InChI is InChI=1S/C19H18F3NO5/c1-9(2)27-18(25)28-16-10(3)23-13-8-26-17(24)15(13)14(16)11-5-4-6-12(7-11)19(20,21)22/h4-7,9,14,23H,8H2,1-3H3. The maximum atomic E-state index is 13.2. The zero-order valence-electron chi connectivity index (χ0n) is 15.3. The van der Waals surface area contributed by atoms with Crippen LogP contribution < -0.4 is 5.32 Å². The predicted octanol–water partition coefficient (Wildman–Crippen LogP) is 4.00. The molecular formula is C19H18F3NO5. The van der Waals surface area contributed by atoms with Crippen molar-refractivity contribution in [2.45, 2.75) is 39.0 Å². The number of cyclic esters (lactones) is 1. The van der Waals surface area contributed by atoms with E-state index in [4.69, 9.17) is 14.2 Å². The number of dihydropyridines is 1. The summed E-state index contributed by atoms with van der Waals surface area (Å²) in [6, 6.07) is 4.53. The Morgan fingerprint density at radius 2 is 2.04 bits per heavy atom. The second kappa shape index (κ2) is 7.21. The van der Waals surface area contributed by atoms with Crippen LogP contribution in [-0.2, 0) is 25.2 Å². The van der Waals surface area contributed by atoms with Crippen LogP contribution in [0.1, 0.15) is 37.8 Å². The third kappa shape index (κ3) is 3.83. The highest BCUT2D eigenvalue weighted by atomic mass is 19.4. The van der Waals surface area contributed by atoms with Crippen LogP contribution >= 0.6 is 0 Å². The molecule has 6 nitrogen and oxygen atoms in total. The van der Waals surface area contributed by atoms with E-state index in [1.807, 2.05) is 0 Å². The average molecular weight is 397 g/mol. The van der Waals surface area contributed by atoms with Crippen LogP contribution in [0.15, 0.2) is 47.0 Å². The number of ether oxygens (including phenoxy) is 3. The van der Waals surface area contributed by atoms with Gasteiger partial charge in [-0.25, -0.2) is 9.59 Å². The Balaban J connectivity index is 2.07. The summed E-state index contributed by atoms with van der Waals surface area (Å²) in [5.74, 6) is -1.73. The molecule has 1 atom stereocenters. The predicted molar refractivity (Wildman–Crippen MR) is 90.7 cm³/mol. The molecule has 0 spiro atoms. The van der Waals surface area contributed by atoms with Crippen LogP contribution in [0, 0.1) is 0 Å². The lowest BCUT2D eigenvalue weighted by atomic mass is 9.85. The van der Waals surface area contributed by atoms with E-state index in [1.165, 1.54) is 12.1 Å². The topological polar surface area (TPSA) is 73.9 Å². The minimum Gasteiger partial charge on any atom is -0.456 e. The molecule has 0 saturated heterocycles. The van der Waals surface area contributed by atoms with Crippen LogP contribution in [-0.4, -0.2) is 24.8 Å². The molecule has 0 amide bonds. The quantitative estimate of drug-likeness (QED) is 0.778.